The quantitative estimate of drug-likeness (QED) is 0.755. The lowest BCUT2D eigenvalue weighted by Gasteiger charge is -2.43. The van der Waals surface area contributed by atoms with Crippen LogP contribution in [0.2, 0.25) is 0 Å². The highest BCUT2D eigenvalue weighted by Crippen LogP contribution is 2.60. The fraction of sp³-hybridized carbons (Fsp3) is 0.737. The first kappa shape index (κ1) is 16.6. The second kappa shape index (κ2) is 5.37. The van der Waals surface area contributed by atoms with E-state index in [9.17, 15) is 9.90 Å². The molecular weight excluding hydrogens is 292 g/mol. The summed E-state index contributed by atoms with van der Waals surface area (Å²) < 4.78 is 11.8. The van der Waals surface area contributed by atoms with Crippen molar-refractivity contribution in [2.24, 2.45) is 29.1 Å². The van der Waals surface area contributed by atoms with Gasteiger partial charge in [0.1, 0.15) is 18.0 Å². The van der Waals surface area contributed by atoms with E-state index < -0.39 is 17.6 Å². The van der Waals surface area contributed by atoms with Crippen molar-refractivity contribution < 1.29 is 19.4 Å². The monoisotopic (exact) mass is 320 g/mol. The molecule has 1 N–H and O–H groups in total. The standard InChI is InChI=1S/C19H28O4/c1-9-7-14-16(11(3)12(4)22-14)18(23-13(5)20)19(6)15(21)8-10(2)17(9)19/h9-10,14-18,21H,3-4,7-8H2,1-2,5-6H3/t9-,10+,14+,15+,16-,17-,18+,19-/m1/s1. The number of aliphatic hydroxyl groups excluding tert-OH is 1. The average Bonchev–Trinajstić information content (AvgIpc) is 2.79. The summed E-state index contributed by atoms with van der Waals surface area (Å²) in [6.45, 7) is 16.0. The van der Waals surface area contributed by atoms with Crippen LogP contribution in [0.4, 0.5) is 0 Å². The Morgan fingerprint density at radius 2 is 1.91 bits per heavy atom. The van der Waals surface area contributed by atoms with Gasteiger partial charge in [0.15, 0.2) is 0 Å². The molecule has 1 aliphatic heterocycles. The highest BCUT2D eigenvalue weighted by molar-refractivity contribution is 5.66. The van der Waals surface area contributed by atoms with Crippen molar-refractivity contribution in [2.75, 3.05) is 0 Å². The summed E-state index contributed by atoms with van der Waals surface area (Å²) in [4.78, 5) is 11.8. The molecule has 8 atom stereocenters. The largest absolute Gasteiger partial charge is 0.490 e. The predicted octanol–water partition coefficient (Wildman–Crippen LogP) is 3.07. The van der Waals surface area contributed by atoms with E-state index in [0.29, 0.717) is 17.6 Å². The van der Waals surface area contributed by atoms with Crippen molar-refractivity contribution in [1.82, 2.24) is 0 Å². The molecule has 3 rings (SSSR count). The first-order chi connectivity index (χ1) is 10.7. The molecule has 0 amide bonds. The minimum Gasteiger partial charge on any atom is -0.490 e. The molecule has 3 fully saturated rings. The van der Waals surface area contributed by atoms with Crippen LogP contribution in [-0.4, -0.2) is 29.4 Å². The van der Waals surface area contributed by atoms with Crippen molar-refractivity contribution in [3.05, 3.63) is 24.5 Å². The SMILES string of the molecule is C=C1O[C@H]2C[C@@H](C)[C@@H]3[C@@H](C)C[C@H](O)[C@@]3(C)[C@@H](OC(C)=O)[C@@H]2C1=C. The number of hydrogen-bond donors (Lipinski definition) is 1. The van der Waals surface area contributed by atoms with Crippen molar-refractivity contribution in [3.8, 4) is 0 Å². The Morgan fingerprint density at radius 3 is 2.52 bits per heavy atom. The normalized spacial score (nSPS) is 49.2. The second-order valence-corrected chi connectivity index (χ2v) is 7.99. The molecule has 0 radical (unpaired) electrons. The van der Waals surface area contributed by atoms with Gasteiger partial charge in [-0.25, -0.2) is 0 Å². The number of ether oxygens (including phenoxy) is 2. The van der Waals surface area contributed by atoms with Gasteiger partial charge in [-0.3, -0.25) is 4.79 Å². The molecule has 2 aliphatic carbocycles. The van der Waals surface area contributed by atoms with Crippen molar-refractivity contribution in [1.29, 1.82) is 0 Å². The van der Waals surface area contributed by atoms with Gasteiger partial charge in [-0.2, -0.15) is 0 Å². The van der Waals surface area contributed by atoms with E-state index >= 15 is 0 Å². The Labute approximate surface area is 138 Å². The fourth-order valence-corrected chi connectivity index (χ4v) is 5.73. The number of aliphatic hydroxyl groups is 1. The molecule has 1 heterocycles. The summed E-state index contributed by atoms with van der Waals surface area (Å²) in [5, 5.41) is 10.9. The molecule has 0 aromatic carbocycles. The van der Waals surface area contributed by atoms with E-state index in [1.807, 2.05) is 0 Å². The van der Waals surface area contributed by atoms with Gasteiger partial charge >= 0.3 is 5.97 Å². The fourth-order valence-electron chi connectivity index (χ4n) is 5.73. The first-order valence-electron chi connectivity index (χ1n) is 8.57. The molecule has 0 unspecified atom stereocenters. The third kappa shape index (κ3) is 2.25. The van der Waals surface area contributed by atoms with Crippen LogP contribution >= 0.6 is 0 Å². The van der Waals surface area contributed by atoms with E-state index in [-0.39, 0.29) is 23.9 Å². The van der Waals surface area contributed by atoms with E-state index in [1.54, 1.807) is 0 Å². The number of allylic oxidation sites excluding steroid dienone is 1. The van der Waals surface area contributed by atoms with Gasteiger partial charge in [-0.05, 0) is 36.2 Å². The molecule has 3 aliphatic rings. The topological polar surface area (TPSA) is 55.8 Å². The van der Waals surface area contributed by atoms with Gasteiger partial charge in [0.25, 0.3) is 0 Å². The summed E-state index contributed by atoms with van der Waals surface area (Å²) in [5.41, 5.74) is 0.322. The van der Waals surface area contributed by atoms with E-state index in [2.05, 4.69) is 33.9 Å². The summed E-state index contributed by atoms with van der Waals surface area (Å²) in [7, 11) is 0. The summed E-state index contributed by atoms with van der Waals surface area (Å²) >= 11 is 0. The number of rotatable bonds is 1. The summed E-state index contributed by atoms with van der Waals surface area (Å²) in [5.74, 6) is 1.20. The lowest BCUT2D eigenvalue weighted by molar-refractivity contribution is -0.167. The number of carbonyl (C=O) groups is 1. The molecule has 128 valence electrons. The second-order valence-electron chi connectivity index (χ2n) is 7.99. The lowest BCUT2D eigenvalue weighted by atomic mass is 9.65. The third-order valence-electron chi connectivity index (χ3n) is 6.55. The van der Waals surface area contributed by atoms with Crippen molar-refractivity contribution in [2.45, 2.75) is 58.8 Å². The van der Waals surface area contributed by atoms with Gasteiger partial charge in [0, 0.05) is 12.3 Å². The highest BCUT2D eigenvalue weighted by Gasteiger charge is 2.63. The van der Waals surface area contributed by atoms with Crippen LogP contribution in [0.25, 0.3) is 0 Å². The zero-order valence-corrected chi connectivity index (χ0v) is 14.5. The van der Waals surface area contributed by atoms with Crippen molar-refractivity contribution >= 4 is 5.97 Å². The zero-order valence-electron chi connectivity index (χ0n) is 14.5. The zero-order chi connectivity index (χ0) is 17.1. The summed E-state index contributed by atoms with van der Waals surface area (Å²) in [6, 6.07) is 0. The van der Waals surface area contributed by atoms with E-state index in [4.69, 9.17) is 9.47 Å². The maximum Gasteiger partial charge on any atom is 0.302 e. The van der Waals surface area contributed by atoms with Gasteiger partial charge in [-0.15, -0.1) is 0 Å². The van der Waals surface area contributed by atoms with Crippen LogP contribution in [0.5, 0.6) is 0 Å². The van der Waals surface area contributed by atoms with Crippen LogP contribution in [-0.2, 0) is 14.3 Å². The Balaban J connectivity index is 2.12. The minimum absolute atomic E-state index is 0.0730. The molecule has 2 saturated carbocycles. The molecule has 0 aromatic heterocycles. The third-order valence-corrected chi connectivity index (χ3v) is 6.55. The molecule has 4 heteroatoms. The predicted molar refractivity (Wildman–Crippen MR) is 87.4 cm³/mol. The van der Waals surface area contributed by atoms with Gasteiger partial charge < -0.3 is 14.6 Å². The molecule has 23 heavy (non-hydrogen) atoms. The molecule has 0 aromatic rings. The number of fused-ring (bicyclic) bond motifs is 2. The Kier molecular flexibility index (Phi) is 3.87. The van der Waals surface area contributed by atoms with Crippen LogP contribution in [0, 0.1) is 29.1 Å². The molecule has 4 nitrogen and oxygen atoms in total. The van der Waals surface area contributed by atoms with Gasteiger partial charge in [0.05, 0.1) is 12.0 Å². The highest BCUT2D eigenvalue weighted by atomic mass is 16.6. The number of esters is 1. The van der Waals surface area contributed by atoms with Crippen LogP contribution in [0.3, 0.4) is 0 Å². The van der Waals surface area contributed by atoms with Crippen LogP contribution < -0.4 is 0 Å². The number of carbonyl (C=O) groups excluding carboxylic acids is 1. The summed E-state index contributed by atoms with van der Waals surface area (Å²) in [6.07, 6.45) is 0.629. The smallest absolute Gasteiger partial charge is 0.302 e. The van der Waals surface area contributed by atoms with Gasteiger partial charge in [-0.1, -0.05) is 33.9 Å². The average molecular weight is 320 g/mol. The minimum atomic E-state index is -0.491. The molecular formula is C19H28O4. The Bertz CT molecular complexity index is 554. The lowest BCUT2D eigenvalue weighted by Crippen LogP contribution is -2.50. The first-order valence-corrected chi connectivity index (χ1v) is 8.57. The van der Waals surface area contributed by atoms with E-state index in [1.165, 1.54) is 6.92 Å². The van der Waals surface area contributed by atoms with Crippen molar-refractivity contribution in [3.63, 3.8) is 0 Å². The Morgan fingerprint density at radius 1 is 1.30 bits per heavy atom. The Hall–Kier alpha value is -1.29. The van der Waals surface area contributed by atoms with Gasteiger partial charge in [0.2, 0.25) is 0 Å². The molecule has 1 saturated heterocycles. The van der Waals surface area contributed by atoms with E-state index in [0.717, 1.165) is 18.4 Å². The van der Waals surface area contributed by atoms with Crippen LogP contribution in [0.1, 0.15) is 40.5 Å². The maximum atomic E-state index is 11.8. The molecule has 0 bridgehead atoms. The number of hydrogen-bond acceptors (Lipinski definition) is 4. The molecule has 0 spiro atoms. The van der Waals surface area contributed by atoms with Crippen LogP contribution in [0.15, 0.2) is 24.5 Å². The maximum absolute atomic E-state index is 11.8.